The number of hydrogen-bond donors (Lipinski definition) is 0. The molecule has 0 amide bonds. The Balaban J connectivity index is 2.17. The first-order chi connectivity index (χ1) is 10.4. The van der Waals surface area contributed by atoms with Crippen molar-refractivity contribution in [2.24, 2.45) is 0 Å². The molecule has 0 unspecified atom stereocenters. The van der Waals surface area contributed by atoms with Crippen LogP contribution in [0.2, 0.25) is 5.02 Å². The van der Waals surface area contributed by atoms with Gasteiger partial charge in [0, 0.05) is 17.1 Å². The molecule has 22 heavy (non-hydrogen) atoms. The van der Waals surface area contributed by atoms with E-state index in [1.165, 1.54) is 6.07 Å². The molecule has 2 nitrogen and oxygen atoms in total. The van der Waals surface area contributed by atoms with E-state index in [9.17, 15) is 13.2 Å². The molecule has 0 radical (unpaired) electrons. The summed E-state index contributed by atoms with van der Waals surface area (Å²) in [5.74, 6) is 0.149. The largest absolute Gasteiger partial charge is 0.433 e. The number of fused-ring (bicyclic) bond motifs is 1. The van der Waals surface area contributed by atoms with Crippen LogP contribution in [0.25, 0.3) is 5.03 Å². The molecule has 114 valence electrons. The van der Waals surface area contributed by atoms with Crippen molar-refractivity contribution < 1.29 is 13.2 Å². The maximum Gasteiger partial charge on any atom is 0.433 e. The third kappa shape index (κ3) is 2.66. The number of halogens is 5. The van der Waals surface area contributed by atoms with Gasteiger partial charge in [-0.3, -0.25) is 0 Å². The van der Waals surface area contributed by atoms with Crippen molar-refractivity contribution >= 4 is 39.7 Å². The Bertz CT molecular complexity index is 757. The van der Waals surface area contributed by atoms with Gasteiger partial charge in [-0.05, 0) is 30.3 Å². The van der Waals surface area contributed by atoms with Crippen LogP contribution < -0.4 is 4.90 Å². The van der Waals surface area contributed by atoms with Crippen LogP contribution in [0.4, 0.5) is 24.7 Å². The van der Waals surface area contributed by atoms with E-state index in [1.54, 1.807) is 35.2 Å². The highest BCUT2D eigenvalue weighted by molar-refractivity contribution is 6.49. The van der Waals surface area contributed by atoms with E-state index >= 15 is 0 Å². The van der Waals surface area contributed by atoms with E-state index in [2.05, 4.69) is 4.98 Å². The number of pyridine rings is 1. The van der Waals surface area contributed by atoms with Crippen LogP contribution in [-0.4, -0.2) is 11.5 Å². The van der Waals surface area contributed by atoms with Crippen LogP contribution >= 0.6 is 23.2 Å². The van der Waals surface area contributed by atoms with Gasteiger partial charge in [0.2, 0.25) is 0 Å². The monoisotopic (exact) mass is 344 g/mol. The van der Waals surface area contributed by atoms with Crippen LogP contribution in [0.1, 0.15) is 11.3 Å². The molecule has 0 fully saturated rings. The second-order valence-corrected chi connectivity index (χ2v) is 5.49. The van der Waals surface area contributed by atoms with Gasteiger partial charge < -0.3 is 4.90 Å². The lowest BCUT2D eigenvalue weighted by Gasteiger charge is -2.29. The molecular formula is C15H9Cl2F3N2. The summed E-state index contributed by atoms with van der Waals surface area (Å²) in [7, 11) is 0. The third-order valence-corrected chi connectivity index (χ3v) is 3.95. The molecule has 1 aromatic carbocycles. The molecule has 1 aliphatic rings. The van der Waals surface area contributed by atoms with E-state index in [4.69, 9.17) is 23.2 Å². The molecule has 0 atom stereocenters. The van der Waals surface area contributed by atoms with Gasteiger partial charge in [0.15, 0.2) is 0 Å². The lowest BCUT2D eigenvalue weighted by molar-refractivity contribution is -0.141. The van der Waals surface area contributed by atoms with Crippen LogP contribution in [0.3, 0.4) is 0 Å². The quantitative estimate of drug-likeness (QED) is 0.680. The average molecular weight is 345 g/mol. The van der Waals surface area contributed by atoms with E-state index in [0.717, 1.165) is 6.07 Å². The smallest absolute Gasteiger partial charge is 0.321 e. The maximum atomic E-state index is 12.9. The molecule has 0 N–H and O–H groups in total. The van der Waals surface area contributed by atoms with Gasteiger partial charge in [-0.1, -0.05) is 35.3 Å². The molecule has 3 rings (SSSR count). The Kier molecular flexibility index (Phi) is 3.78. The van der Waals surface area contributed by atoms with Gasteiger partial charge in [0.05, 0.1) is 10.7 Å². The lowest BCUT2D eigenvalue weighted by Crippen LogP contribution is -2.24. The Labute approximate surface area is 134 Å². The molecule has 0 spiro atoms. The average Bonchev–Trinajstić information content (AvgIpc) is 2.47. The van der Waals surface area contributed by atoms with Crippen molar-refractivity contribution in [2.75, 3.05) is 11.4 Å². The van der Waals surface area contributed by atoms with Crippen molar-refractivity contribution in [1.82, 2.24) is 4.98 Å². The van der Waals surface area contributed by atoms with E-state index < -0.39 is 11.9 Å². The van der Waals surface area contributed by atoms with E-state index in [0.29, 0.717) is 27.9 Å². The molecule has 7 heteroatoms. The minimum atomic E-state index is -4.52. The first-order valence-electron chi connectivity index (χ1n) is 6.34. The molecule has 0 aliphatic carbocycles. The number of hydrogen-bond acceptors (Lipinski definition) is 2. The summed E-state index contributed by atoms with van der Waals surface area (Å²) in [6, 6.07) is 9.15. The molecular weight excluding hydrogens is 336 g/mol. The fourth-order valence-corrected chi connectivity index (χ4v) is 2.70. The maximum absolute atomic E-state index is 12.9. The number of anilines is 2. The first kappa shape index (κ1) is 15.2. The molecule has 0 saturated heterocycles. The lowest BCUT2D eigenvalue weighted by atomic mass is 10.1. The van der Waals surface area contributed by atoms with Gasteiger partial charge in [0.1, 0.15) is 11.5 Å². The van der Waals surface area contributed by atoms with Crippen molar-refractivity contribution in [2.45, 2.75) is 6.18 Å². The van der Waals surface area contributed by atoms with Crippen molar-refractivity contribution in [3.63, 3.8) is 0 Å². The topological polar surface area (TPSA) is 16.1 Å². The van der Waals surface area contributed by atoms with Crippen molar-refractivity contribution in [1.29, 1.82) is 0 Å². The predicted molar refractivity (Wildman–Crippen MR) is 81.5 cm³/mol. The summed E-state index contributed by atoms with van der Waals surface area (Å²) in [5, 5.41) is 0.804. The summed E-state index contributed by atoms with van der Waals surface area (Å²) >= 11 is 12.2. The number of rotatable bonds is 1. The standard InChI is InChI=1S/C15H9Cl2F3N2/c16-10-7-8-22(12-4-2-1-3-11(12)17)14-9(10)5-6-13(21-14)15(18,19)20/h1-7H,8H2. The summed E-state index contributed by atoms with van der Waals surface area (Å²) < 4.78 is 38.7. The fraction of sp³-hybridized carbons (Fsp3) is 0.133. The zero-order valence-corrected chi connectivity index (χ0v) is 12.5. The molecule has 0 saturated carbocycles. The van der Waals surface area contributed by atoms with Crippen LogP contribution in [-0.2, 0) is 6.18 Å². The summed E-state index contributed by atoms with van der Waals surface area (Å²) in [5.41, 5.74) is 0.0631. The zero-order valence-electron chi connectivity index (χ0n) is 11.0. The Morgan fingerprint density at radius 1 is 1.05 bits per heavy atom. The number of nitrogens with zero attached hydrogens (tertiary/aromatic N) is 2. The van der Waals surface area contributed by atoms with Crippen LogP contribution in [0.5, 0.6) is 0 Å². The first-order valence-corrected chi connectivity index (χ1v) is 7.10. The number of alkyl halides is 3. The van der Waals surface area contributed by atoms with Crippen molar-refractivity contribution in [3.8, 4) is 0 Å². The second kappa shape index (κ2) is 5.48. The van der Waals surface area contributed by atoms with Gasteiger partial charge in [0.25, 0.3) is 0 Å². The highest BCUT2D eigenvalue weighted by Gasteiger charge is 2.34. The zero-order chi connectivity index (χ0) is 15.9. The summed E-state index contributed by atoms with van der Waals surface area (Å²) in [4.78, 5) is 5.36. The van der Waals surface area contributed by atoms with Gasteiger partial charge >= 0.3 is 6.18 Å². The SMILES string of the molecule is FC(F)(F)c1ccc2c(n1)N(c1ccccc1Cl)CC=C2Cl. The van der Waals surface area contributed by atoms with E-state index in [-0.39, 0.29) is 5.82 Å². The fourth-order valence-electron chi connectivity index (χ4n) is 2.25. The molecule has 2 aromatic rings. The number of benzene rings is 1. The summed E-state index contributed by atoms with van der Waals surface area (Å²) in [6.45, 7) is 0.296. The van der Waals surface area contributed by atoms with Gasteiger partial charge in [-0.2, -0.15) is 13.2 Å². The second-order valence-electron chi connectivity index (χ2n) is 4.68. The van der Waals surface area contributed by atoms with Gasteiger partial charge in [-0.25, -0.2) is 4.98 Å². The summed E-state index contributed by atoms with van der Waals surface area (Å²) in [6.07, 6.45) is -2.81. The normalized spacial score (nSPS) is 14.6. The van der Waals surface area contributed by atoms with Crippen molar-refractivity contribution in [3.05, 3.63) is 58.8 Å². The molecule has 1 aromatic heterocycles. The minimum Gasteiger partial charge on any atom is -0.321 e. The molecule has 0 bridgehead atoms. The predicted octanol–water partition coefficient (Wildman–Crippen LogP) is 5.49. The Morgan fingerprint density at radius 3 is 2.45 bits per heavy atom. The highest BCUT2D eigenvalue weighted by Crippen LogP contribution is 2.40. The molecule has 2 heterocycles. The number of para-hydroxylation sites is 1. The van der Waals surface area contributed by atoms with Gasteiger partial charge in [-0.15, -0.1) is 0 Å². The van der Waals surface area contributed by atoms with Crippen LogP contribution in [0, 0.1) is 0 Å². The Morgan fingerprint density at radius 2 is 1.77 bits per heavy atom. The highest BCUT2D eigenvalue weighted by atomic mass is 35.5. The molecule has 1 aliphatic heterocycles. The van der Waals surface area contributed by atoms with Crippen LogP contribution in [0.15, 0.2) is 42.5 Å². The number of aromatic nitrogens is 1. The Hall–Kier alpha value is -1.72. The third-order valence-electron chi connectivity index (χ3n) is 3.27. The van der Waals surface area contributed by atoms with E-state index in [1.807, 2.05) is 0 Å². The minimum absolute atomic E-state index is 0.149.